The number of hydrogen-bond acceptors (Lipinski definition) is 4. The number of aromatic nitrogens is 2. The molecule has 0 aliphatic heterocycles. The molecule has 0 spiro atoms. The van der Waals surface area contributed by atoms with E-state index in [9.17, 15) is 9.59 Å². The van der Waals surface area contributed by atoms with Crippen molar-refractivity contribution in [2.24, 2.45) is 0 Å². The molecule has 0 aromatic carbocycles. The summed E-state index contributed by atoms with van der Waals surface area (Å²) in [5.41, 5.74) is 1.88. The molecule has 0 aliphatic carbocycles. The van der Waals surface area contributed by atoms with Crippen molar-refractivity contribution in [1.82, 2.24) is 20.4 Å². The van der Waals surface area contributed by atoms with Gasteiger partial charge in [-0.3, -0.25) is 14.3 Å². The fourth-order valence-electron chi connectivity index (χ4n) is 1.92. The standard InChI is InChI=1S/C14H18N4O2S/c1-3-18-11(7-10(2)17-18)8-15-13(19)9-16-14(20)12-5-4-6-21-12/h4-7H,3,8-9H2,1-2H3,(H,15,19)(H,16,20). The molecular weight excluding hydrogens is 288 g/mol. The second-order valence-electron chi connectivity index (χ2n) is 4.53. The van der Waals surface area contributed by atoms with Crippen LogP contribution in [0.25, 0.3) is 0 Å². The van der Waals surface area contributed by atoms with Crippen LogP contribution >= 0.6 is 11.3 Å². The molecule has 0 aliphatic rings. The lowest BCUT2D eigenvalue weighted by molar-refractivity contribution is -0.120. The van der Waals surface area contributed by atoms with Crippen molar-refractivity contribution in [3.63, 3.8) is 0 Å². The Bertz CT molecular complexity index is 619. The van der Waals surface area contributed by atoms with E-state index in [1.54, 1.807) is 12.1 Å². The summed E-state index contributed by atoms with van der Waals surface area (Å²) in [7, 11) is 0. The van der Waals surface area contributed by atoms with Gasteiger partial charge in [0.25, 0.3) is 5.91 Å². The normalized spacial score (nSPS) is 10.4. The summed E-state index contributed by atoms with van der Waals surface area (Å²) < 4.78 is 1.85. The number of amides is 2. The Hall–Kier alpha value is -2.15. The molecule has 0 radical (unpaired) electrons. The average Bonchev–Trinajstić information content (AvgIpc) is 3.11. The first-order chi connectivity index (χ1) is 10.1. The zero-order valence-corrected chi connectivity index (χ0v) is 12.9. The number of hydrogen-bond donors (Lipinski definition) is 2. The third-order valence-corrected chi connectivity index (χ3v) is 3.77. The van der Waals surface area contributed by atoms with E-state index in [-0.39, 0.29) is 18.4 Å². The largest absolute Gasteiger partial charge is 0.349 e. The van der Waals surface area contributed by atoms with Gasteiger partial charge in [0.15, 0.2) is 0 Å². The molecule has 0 unspecified atom stereocenters. The molecule has 0 saturated heterocycles. The van der Waals surface area contributed by atoms with Crippen LogP contribution in [-0.2, 0) is 17.9 Å². The van der Waals surface area contributed by atoms with Crippen molar-refractivity contribution in [2.75, 3.05) is 6.54 Å². The van der Waals surface area contributed by atoms with Crippen LogP contribution in [-0.4, -0.2) is 28.1 Å². The Morgan fingerprint density at radius 3 is 2.86 bits per heavy atom. The van der Waals surface area contributed by atoms with E-state index < -0.39 is 0 Å². The van der Waals surface area contributed by atoms with Crippen LogP contribution in [0.1, 0.15) is 28.0 Å². The quantitative estimate of drug-likeness (QED) is 0.845. The van der Waals surface area contributed by atoms with E-state index in [1.165, 1.54) is 11.3 Å². The Balaban J connectivity index is 1.78. The minimum atomic E-state index is -0.227. The van der Waals surface area contributed by atoms with Gasteiger partial charge in [0.05, 0.1) is 29.4 Å². The van der Waals surface area contributed by atoms with Crippen molar-refractivity contribution in [3.8, 4) is 0 Å². The lowest BCUT2D eigenvalue weighted by atomic mass is 10.3. The van der Waals surface area contributed by atoms with E-state index in [0.717, 1.165) is 17.9 Å². The molecule has 0 saturated carbocycles. The predicted molar refractivity (Wildman–Crippen MR) is 81.1 cm³/mol. The van der Waals surface area contributed by atoms with Crippen LogP contribution in [0, 0.1) is 6.92 Å². The molecule has 6 nitrogen and oxygen atoms in total. The van der Waals surface area contributed by atoms with Crippen LogP contribution in [0.2, 0.25) is 0 Å². The first-order valence-electron chi connectivity index (χ1n) is 6.72. The van der Waals surface area contributed by atoms with Gasteiger partial charge in [0, 0.05) is 6.54 Å². The Kier molecular flexibility index (Phi) is 5.10. The van der Waals surface area contributed by atoms with Crippen molar-refractivity contribution < 1.29 is 9.59 Å². The highest BCUT2D eigenvalue weighted by Gasteiger charge is 2.09. The molecule has 2 heterocycles. The van der Waals surface area contributed by atoms with Crippen molar-refractivity contribution in [3.05, 3.63) is 39.8 Å². The monoisotopic (exact) mass is 306 g/mol. The third-order valence-electron chi connectivity index (χ3n) is 2.91. The highest BCUT2D eigenvalue weighted by Crippen LogP contribution is 2.07. The minimum absolute atomic E-state index is 0.0318. The zero-order chi connectivity index (χ0) is 15.2. The van der Waals surface area contributed by atoms with Crippen molar-refractivity contribution >= 4 is 23.2 Å². The van der Waals surface area contributed by atoms with Crippen LogP contribution in [0.3, 0.4) is 0 Å². The molecule has 2 aromatic rings. The minimum Gasteiger partial charge on any atom is -0.349 e. The molecular formula is C14H18N4O2S. The number of nitrogens with zero attached hydrogens (tertiary/aromatic N) is 2. The first-order valence-corrected chi connectivity index (χ1v) is 7.60. The molecule has 2 rings (SSSR count). The summed E-state index contributed by atoms with van der Waals surface area (Å²) in [5.74, 6) is -0.448. The number of thiophene rings is 1. The molecule has 0 bridgehead atoms. The van der Waals surface area contributed by atoms with E-state index >= 15 is 0 Å². The van der Waals surface area contributed by atoms with Gasteiger partial charge in [-0.2, -0.15) is 5.10 Å². The second-order valence-corrected chi connectivity index (χ2v) is 5.48. The number of nitrogens with one attached hydrogen (secondary N) is 2. The number of carbonyl (C=O) groups excluding carboxylic acids is 2. The summed E-state index contributed by atoms with van der Waals surface area (Å²) in [5, 5.41) is 11.5. The molecule has 2 N–H and O–H groups in total. The van der Waals surface area contributed by atoms with Gasteiger partial charge in [-0.1, -0.05) is 6.07 Å². The molecule has 112 valence electrons. The summed E-state index contributed by atoms with van der Waals surface area (Å²) in [6, 6.07) is 5.46. The van der Waals surface area contributed by atoms with E-state index in [0.29, 0.717) is 11.4 Å². The first kappa shape index (κ1) is 15.2. The third kappa shape index (κ3) is 4.16. The smallest absolute Gasteiger partial charge is 0.261 e. The number of rotatable bonds is 6. The second kappa shape index (κ2) is 7.03. The van der Waals surface area contributed by atoms with Gasteiger partial charge in [-0.25, -0.2) is 0 Å². The van der Waals surface area contributed by atoms with Gasteiger partial charge < -0.3 is 10.6 Å². The zero-order valence-electron chi connectivity index (χ0n) is 12.0. The van der Waals surface area contributed by atoms with Crippen molar-refractivity contribution in [2.45, 2.75) is 26.9 Å². The van der Waals surface area contributed by atoms with Crippen LogP contribution in [0.4, 0.5) is 0 Å². The van der Waals surface area contributed by atoms with E-state index in [1.807, 2.05) is 30.0 Å². The van der Waals surface area contributed by atoms with Gasteiger partial charge in [0.2, 0.25) is 5.91 Å². The molecule has 0 fully saturated rings. The molecule has 0 atom stereocenters. The Morgan fingerprint density at radius 1 is 1.38 bits per heavy atom. The van der Waals surface area contributed by atoms with E-state index in [2.05, 4.69) is 15.7 Å². The summed E-state index contributed by atoms with van der Waals surface area (Å²) in [6.45, 7) is 5.05. The summed E-state index contributed by atoms with van der Waals surface area (Å²) in [4.78, 5) is 24.0. The number of carbonyl (C=O) groups is 2. The topological polar surface area (TPSA) is 76.0 Å². The lowest BCUT2D eigenvalue weighted by Crippen LogP contribution is -2.36. The summed E-state index contributed by atoms with van der Waals surface area (Å²) >= 11 is 1.35. The Labute approximate surface area is 127 Å². The summed E-state index contributed by atoms with van der Waals surface area (Å²) in [6.07, 6.45) is 0. The van der Waals surface area contributed by atoms with Gasteiger partial charge in [0.1, 0.15) is 0 Å². The maximum Gasteiger partial charge on any atom is 0.261 e. The molecule has 2 aromatic heterocycles. The van der Waals surface area contributed by atoms with Crippen LogP contribution < -0.4 is 10.6 Å². The van der Waals surface area contributed by atoms with Gasteiger partial charge in [-0.15, -0.1) is 11.3 Å². The maximum absolute atomic E-state index is 11.7. The average molecular weight is 306 g/mol. The SMILES string of the molecule is CCn1nc(C)cc1CNC(=O)CNC(=O)c1cccs1. The molecule has 7 heteroatoms. The Morgan fingerprint density at radius 2 is 2.19 bits per heavy atom. The molecule has 21 heavy (non-hydrogen) atoms. The highest BCUT2D eigenvalue weighted by atomic mass is 32.1. The lowest BCUT2D eigenvalue weighted by Gasteiger charge is -2.07. The maximum atomic E-state index is 11.7. The van der Waals surface area contributed by atoms with Gasteiger partial charge in [-0.05, 0) is 31.4 Å². The number of aryl methyl sites for hydroxylation is 2. The fourth-order valence-corrected chi connectivity index (χ4v) is 2.56. The highest BCUT2D eigenvalue weighted by molar-refractivity contribution is 7.12. The van der Waals surface area contributed by atoms with Crippen LogP contribution in [0.5, 0.6) is 0 Å². The fraction of sp³-hybridized carbons (Fsp3) is 0.357. The predicted octanol–water partition coefficient (Wildman–Crippen LogP) is 1.32. The van der Waals surface area contributed by atoms with Gasteiger partial charge >= 0.3 is 0 Å². The molecule has 2 amide bonds. The van der Waals surface area contributed by atoms with Crippen LogP contribution in [0.15, 0.2) is 23.6 Å². The van der Waals surface area contributed by atoms with E-state index in [4.69, 9.17) is 0 Å². The van der Waals surface area contributed by atoms with Crippen molar-refractivity contribution in [1.29, 1.82) is 0 Å².